The van der Waals surface area contributed by atoms with Crippen LogP contribution in [-0.4, -0.2) is 51.1 Å². The first kappa shape index (κ1) is 41.8. The van der Waals surface area contributed by atoms with Crippen molar-refractivity contribution in [3.05, 3.63) is 29.8 Å². The van der Waals surface area contributed by atoms with Crippen LogP contribution in [0.5, 0.6) is 5.75 Å². The Bertz CT molecular complexity index is 895. The second-order valence-corrected chi connectivity index (χ2v) is 14.6. The number of carbonyl (C=O) groups is 1. The molecule has 0 saturated carbocycles. The number of carbonyl (C=O) groups excluding carboxylic acids is 1. The van der Waals surface area contributed by atoms with E-state index in [0.29, 0.717) is 25.9 Å². The Morgan fingerprint density at radius 3 is 1.84 bits per heavy atom. The van der Waals surface area contributed by atoms with Gasteiger partial charge in [0.15, 0.2) is 0 Å². The smallest absolute Gasteiger partial charge is 0.472 e. The highest BCUT2D eigenvalue weighted by Gasteiger charge is 2.25. The SMILES string of the molecule is CCCCCCCCCCCCCCCCCCOc1ccccc1CC(COP(=O)(O)OCCCC[NH+](C)C)CC(=O)CC. The minimum atomic E-state index is -4.18. The van der Waals surface area contributed by atoms with Crippen LogP contribution >= 0.6 is 7.82 Å². The van der Waals surface area contributed by atoms with Gasteiger partial charge in [-0.05, 0) is 43.2 Å². The lowest BCUT2D eigenvalue weighted by atomic mass is 9.94. The molecule has 2 unspecified atom stereocenters. The maximum Gasteiger partial charge on any atom is 0.472 e. The lowest BCUT2D eigenvalue weighted by Gasteiger charge is -2.20. The molecule has 1 rings (SSSR count). The third-order valence-electron chi connectivity index (χ3n) is 8.45. The van der Waals surface area contributed by atoms with Crippen molar-refractivity contribution >= 4 is 13.6 Å². The number of quaternary nitrogens is 1. The van der Waals surface area contributed by atoms with Crippen molar-refractivity contribution in [3.63, 3.8) is 0 Å². The first-order valence-corrected chi connectivity index (χ1v) is 19.9. The number of unbranched alkanes of at least 4 members (excludes halogenated alkanes) is 16. The van der Waals surface area contributed by atoms with Crippen molar-refractivity contribution in [2.75, 3.05) is 40.5 Å². The van der Waals surface area contributed by atoms with E-state index in [1.807, 2.05) is 31.2 Å². The molecule has 0 aliphatic rings. The molecule has 0 bridgehead atoms. The van der Waals surface area contributed by atoms with Gasteiger partial charge in [-0.2, -0.15) is 0 Å². The molecular formula is C37H69NO6P+. The molecule has 2 atom stereocenters. The average molecular weight is 655 g/mol. The van der Waals surface area contributed by atoms with Gasteiger partial charge < -0.3 is 14.5 Å². The van der Waals surface area contributed by atoms with Crippen molar-refractivity contribution in [3.8, 4) is 5.75 Å². The number of phosphoric ester groups is 1. The normalized spacial score (nSPS) is 13.6. The summed E-state index contributed by atoms with van der Waals surface area (Å²) in [7, 11) is -0.0309. The van der Waals surface area contributed by atoms with Gasteiger partial charge in [-0.15, -0.1) is 0 Å². The number of phosphoric acid groups is 1. The van der Waals surface area contributed by atoms with E-state index in [-0.39, 0.29) is 31.3 Å². The van der Waals surface area contributed by atoms with Crippen LogP contribution < -0.4 is 9.64 Å². The van der Waals surface area contributed by atoms with Gasteiger partial charge in [-0.25, -0.2) is 4.57 Å². The minimum absolute atomic E-state index is 0.0190. The number of ether oxygens (including phenoxy) is 1. The summed E-state index contributed by atoms with van der Waals surface area (Å²) < 4.78 is 29.2. The third kappa shape index (κ3) is 24.6. The van der Waals surface area contributed by atoms with Gasteiger partial charge in [-0.1, -0.05) is 128 Å². The highest BCUT2D eigenvalue weighted by molar-refractivity contribution is 7.47. The van der Waals surface area contributed by atoms with Gasteiger partial charge in [0, 0.05) is 12.8 Å². The molecule has 0 aliphatic heterocycles. The molecule has 1 aromatic rings. The zero-order chi connectivity index (χ0) is 33.0. The van der Waals surface area contributed by atoms with Crippen molar-refractivity contribution < 1.29 is 32.9 Å². The Labute approximate surface area is 276 Å². The van der Waals surface area contributed by atoms with E-state index < -0.39 is 7.82 Å². The summed E-state index contributed by atoms with van der Waals surface area (Å²) in [5.74, 6) is 0.688. The minimum Gasteiger partial charge on any atom is -0.493 e. The molecule has 2 N–H and O–H groups in total. The highest BCUT2D eigenvalue weighted by Crippen LogP contribution is 2.44. The van der Waals surface area contributed by atoms with Crippen molar-refractivity contribution in [1.82, 2.24) is 0 Å². The second-order valence-electron chi connectivity index (χ2n) is 13.2. The lowest BCUT2D eigenvalue weighted by Crippen LogP contribution is -3.05. The van der Waals surface area contributed by atoms with Gasteiger partial charge >= 0.3 is 7.82 Å². The van der Waals surface area contributed by atoms with E-state index in [1.165, 1.54) is 101 Å². The largest absolute Gasteiger partial charge is 0.493 e. The quantitative estimate of drug-likeness (QED) is 0.0596. The summed E-state index contributed by atoms with van der Waals surface area (Å²) in [6.07, 6.45) is 24.3. The van der Waals surface area contributed by atoms with Crippen LogP contribution in [0.1, 0.15) is 148 Å². The van der Waals surface area contributed by atoms with Crippen LogP contribution in [0.4, 0.5) is 0 Å². The molecule has 0 saturated heterocycles. The number of rotatable bonds is 32. The number of nitrogens with one attached hydrogen (secondary N) is 1. The van der Waals surface area contributed by atoms with E-state index in [2.05, 4.69) is 21.0 Å². The molecule has 45 heavy (non-hydrogen) atoms. The fraction of sp³-hybridized carbons (Fsp3) is 0.811. The predicted molar refractivity (Wildman–Crippen MR) is 187 cm³/mol. The Morgan fingerprint density at radius 1 is 0.756 bits per heavy atom. The zero-order valence-electron chi connectivity index (χ0n) is 29.5. The highest BCUT2D eigenvalue weighted by atomic mass is 31.2. The standard InChI is InChI=1S/C37H68NO6P/c1-5-7-8-9-10-11-12-13-14-15-16-17-18-19-20-24-29-42-37-27-22-21-26-35(37)31-34(32-36(39)6-2)33-44-45(40,41)43-30-25-23-28-38(3)4/h21-22,26-27,34H,5-20,23-25,28-33H2,1-4H3,(H,40,41)/p+1. The van der Waals surface area contributed by atoms with Gasteiger partial charge in [0.1, 0.15) is 11.5 Å². The summed E-state index contributed by atoms with van der Waals surface area (Å²) in [5.41, 5.74) is 0.992. The fourth-order valence-electron chi connectivity index (χ4n) is 5.61. The number of benzene rings is 1. The summed E-state index contributed by atoms with van der Waals surface area (Å²) in [6.45, 7) is 5.91. The zero-order valence-corrected chi connectivity index (χ0v) is 30.4. The topological polar surface area (TPSA) is 86.5 Å². The van der Waals surface area contributed by atoms with Crippen LogP contribution in [0.15, 0.2) is 24.3 Å². The van der Waals surface area contributed by atoms with Gasteiger partial charge in [0.2, 0.25) is 0 Å². The molecule has 0 radical (unpaired) electrons. The number of para-hydroxylation sites is 1. The molecule has 0 fully saturated rings. The van der Waals surface area contributed by atoms with Gasteiger partial charge in [0.05, 0.1) is 40.5 Å². The summed E-state index contributed by atoms with van der Waals surface area (Å²) >= 11 is 0. The first-order chi connectivity index (χ1) is 21.8. The monoisotopic (exact) mass is 654 g/mol. The summed E-state index contributed by atoms with van der Waals surface area (Å²) in [4.78, 5) is 23.8. The molecule has 262 valence electrons. The molecule has 7 nitrogen and oxygen atoms in total. The van der Waals surface area contributed by atoms with Crippen LogP contribution in [0.25, 0.3) is 0 Å². The fourth-order valence-corrected chi connectivity index (χ4v) is 6.44. The molecular weight excluding hydrogens is 585 g/mol. The van der Waals surface area contributed by atoms with Crippen molar-refractivity contribution in [2.45, 2.75) is 149 Å². The first-order valence-electron chi connectivity index (χ1n) is 18.4. The summed E-state index contributed by atoms with van der Waals surface area (Å²) in [5, 5.41) is 0. The average Bonchev–Trinajstić information content (AvgIpc) is 3.01. The van der Waals surface area contributed by atoms with Gasteiger partial charge in [-0.3, -0.25) is 13.8 Å². The van der Waals surface area contributed by atoms with E-state index in [4.69, 9.17) is 13.8 Å². The molecule has 1 aromatic carbocycles. The molecule has 0 heterocycles. The maximum absolute atomic E-state index is 12.5. The van der Waals surface area contributed by atoms with Gasteiger partial charge in [0.25, 0.3) is 0 Å². The number of ketones is 1. The Kier molecular flexibility index (Phi) is 25.8. The van der Waals surface area contributed by atoms with Crippen LogP contribution in [0, 0.1) is 5.92 Å². The number of hydrogen-bond acceptors (Lipinski definition) is 5. The number of hydrogen-bond donors (Lipinski definition) is 2. The predicted octanol–water partition coefficient (Wildman–Crippen LogP) is 8.91. The maximum atomic E-state index is 12.5. The Balaban J connectivity index is 2.31. The Hall–Kier alpha value is -1.24. The second kappa shape index (κ2) is 27.8. The molecule has 8 heteroatoms. The molecule has 0 aliphatic carbocycles. The number of Topliss-reactive ketones (excluding diaryl/α,β-unsaturated/α-hetero) is 1. The molecule has 0 aromatic heterocycles. The summed E-state index contributed by atoms with van der Waals surface area (Å²) in [6, 6.07) is 7.90. The lowest BCUT2D eigenvalue weighted by molar-refractivity contribution is -0.858. The van der Waals surface area contributed by atoms with E-state index >= 15 is 0 Å². The molecule has 0 amide bonds. The van der Waals surface area contributed by atoms with E-state index in [1.54, 1.807) is 0 Å². The Morgan fingerprint density at radius 2 is 1.29 bits per heavy atom. The van der Waals surface area contributed by atoms with Crippen LogP contribution in [-0.2, 0) is 24.8 Å². The van der Waals surface area contributed by atoms with E-state index in [0.717, 1.165) is 30.7 Å². The molecule has 0 spiro atoms. The third-order valence-corrected chi connectivity index (χ3v) is 9.43. The van der Waals surface area contributed by atoms with Crippen molar-refractivity contribution in [2.24, 2.45) is 5.92 Å². The van der Waals surface area contributed by atoms with Crippen molar-refractivity contribution in [1.29, 1.82) is 0 Å². The van der Waals surface area contributed by atoms with Crippen LogP contribution in [0.3, 0.4) is 0 Å². The van der Waals surface area contributed by atoms with Crippen LogP contribution in [0.2, 0.25) is 0 Å². The van der Waals surface area contributed by atoms with E-state index in [9.17, 15) is 14.3 Å².